The second-order valence-electron chi connectivity index (χ2n) is 11.5. The first-order valence-corrected chi connectivity index (χ1v) is 14.7. The van der Waals surface area contributed by atoms with Crippen LogP contribution in [0.3, 0.4) is 0 Å². The van der Waals surface area contributed by atoms with Crippen molar-refractivity contribution in [2.24, 2.45) is 11.1 Å². The average molecular weight is 610 g/mol. The van der Waals surface area contributed by atoms with Gasteiger partial charge in [0.2, 0.25) is 11.8 Å². The van der Waals surface area contributed by atoms with Gasteiger partial charge in [-0.3, -0.25) is 19.8 Å². The van der Waals surface area contributed by atoms with E-state index in [1.54, 1.807) is 50.4 Å². The maximum atomic E-state index is 14.9. The largest absolute Gasteiger partial charge is 0.396 e. The number of aliphatic hydroxyl groups is 1. The molecule has 2 aromatic carbocycles. The third kappa shape index (κ3) is 5.29. The summed E-state index contributed by atoms with van der Waals surface area (Å²) in [6.45, 7) is 4.65. The van der Waals surface area contributed by atoms with Crippen LogP contribution in [-0.4, -0.2) is 58.8 Å². The quantitative estimate of drug-likeness (QED) is 0.195. The van der Waals surface area contributed by atoms with Gasteiger partial charge in [-0.1, -0.05) is 37.3 Å². The molecule has 12 heteroatoms. The normalized spacial score (nSPS) is 22.4. The number of thiophene rings is 1. The molecular weight excluding hydrogens is 576 g/mol. The van der Waals surface area contributed by atoms with Crippen molar-refractivity contribution in [3.63, 3.8) is 0 Å². The summed E-state index contributed by atoms with van der Waals surface area (Å²) < 4.78 is 29.8. The molecule has 6 N–H and O–H groups in total. The molecule has 3 aromatic rings. The van der Waals surface area contributed by atoms with Gasteiger partial charge >= 0.3 is 0 Å². The molecule has 43 heavy (non-hydrogen) atoms. The predicted octanol–water partition coefficient (Wildman–Crippen LogP) is 3.75. The summed E-state index contributed by atoms with van der Waals surface area (Å²) in [4.78, 5) is 42.2. The number of alkyl halides is 2. The van der Waals surface area contributed by atoms with Gasteiger partial charge in [0.15, 0.2) is 0 Å². The van der Waals surface area contributed by atoms with E-state index in [0.717, 1.165) is 4.88 Å². The Morgan fingerprint density at radius 1 is 1.14 bits per heavy atom. The van der Waals surface area contributed by atoms with Gasteiger partial charge in [-0.05, 0) is 49.6 Å². The Hall–Kier alpha value is -4.16. The smallest absolute Gasteiger partial charge is 0.299 e. The molecule has 1 fully saturated rings. The molecule has 2 aliphatic rings. The van der Waals surface area contributed by atoms with Gasteiger partial charge in [-0.15, -0.1) is 11.3 Å². The van der Waals surface area contributed by atoms with Crippen LogP contribution in [0.25, 0.3) is 11.1 Å². The van der Waals surface area contributed by atoms with E-state index in [0.29, 0.717) is 11.1 Å². The molecule has 0 unspecified atom stereocenters. The molecule has 0 bridgehead atoms. The highest BCUT2D eigenvalue weighted by Gasteiger charge is 2.51. The molecule has 0 saturated carbocycles. The second kappa shape index (κ2) is 11.2. The summed E-state index contributed by atoms with van der Waals surface area (Å²) in [5, 5.41) is 25.0. The molecule has 5 rings (SSSR count). The number of nitrogens with zero attached hydrogens (tertiary/aromatic N) is 1. The van der Waals surface area contributed by atoms with Crippen LogP contribution in [0.1, 0.15) is 65.2 Å². The van der Waals surface area contributed by atoms with Gasteiger partial charge in [0.05, 0.1) is 19.2 Å². The fourth-order valence-electron chi connectivity index (χ4n) is 5.89. The maximum Gasteiger partial charge on any atom is 0.299 e. The van der Waals surface area contributed by atoms with Gasteiger partial charge in [0, 0.05) is 44.0 Å². The summed E-state index contributed by atoms with van der Waals surface area (Å²) in [7, 11) is 0. The molecule has 0 radical (unpaired) electrons. The van der Waals surface area contributed by atoms with E-state index < -0.39 is 53.7 Å². The van der Waals surface area contributed by atoms with E-state index >= 15 is 0 Å². The van der Waals surface area contributed by atoms with Gasteiger partial charge in [0.1, 0.15) is 11.9 Å². The van der Waals surface area contributed by atoms with E-state index in [2.05, 4.69) is 10.6 Å². The van der Waals surface area contributed by atoms with Gasteiger partial charge < -0.3 is 26.4 Å². The Morgan fingerprint density at radius 2 is 1.84 bits per heavy atom. The van der Waals surface area contributed by atoms with E-state index in [-0.39, 0.29) is 41.1 Å². The van der Waals surface area contributed by atoms with Gasteiger partial charge in [-0.25, -0.2) is 0 Å². The number of hydrogen-bond donors (Lipinski definition) is 5. The molecule has 0 spiro atoms. The van der Waals surface area contributed by atoms with Crippen LogP contribution < -0.4 is 16.4 Å². The number of amides is 3. The van der Waals surface area contributed by atoms with Crippen molar-refractivity contribution in [2.45, 2.75) is 51.2 Å². The molecule has 1 aliphatic heterocycles. The van der Waals surface area contributed by atoms with Crippen LogP contribution in [-0.2, 0) is 15.5 Å². The van der Waals surface area contributed by atoms with Crippen molar-refractivity contribution in [1.29, 1.82) is 5.41 Å². The minimum absolute atomic E-state index is 0.0779. The van der Waals surface area contributed by atoms with Crippen LogP contribution in [0.2, 0.25) is 0 Å². The number of hydrogen-bond acceptors (Lipinski definition) is 6. The summed E-state index contributed by atoms with van der Waals surface area (Å²) in [6.07, 6.45) is 0.213. The zero-order valence-corrected chi connectivity index (χ0v) is 24.7. The number of carbonyl (C=O) groups is 3. The molecule has 2 heterocycles. The number of nitrogens with two attached hydrogens (primary N) is 1. The van der Waals surface area contributed by atoms with E-state index in [4.69, 9.17) is 11.1 Å². The summed E-state index contributed by atoms with van der Waals surface area (Å²) >= 11 is 1.35. The number of benzene rings is 2. The third-order valence-corrected chi connectivity index (χ3v) is 9.78. The fraction of sp³-hybridized carbons (Fsp3) is 0.355. The van der Waals surface area contributed by atoms with Crippen molar-refractivity contribution in [3.8, 4) is 11.1 Å². The SMILES string of the molecule is C[C@@H]1N(C(=O)CNC(=O)c2ccc3c(c2)-c2ccccc2C3(F)F)[C@H](C(=O)N[C@H](C)c2cc(C(=N)N)cs2)C[C@@]1(C)CO. The maximum absolute atomic E-state index is 14.9. The number of carbonyl (C=O) groups excluding carboxylic acids is 3. The summed E-state index contributed by atoms with van der Waals surface area (Å²) in [5.41, 5.74) is 5.79. The number of halogens is 2. The highest BCUT2D eigenvalue weighted by Crippen LogP contribution is 2.51. The zero-order valence-electron chi connectivity index (χ0n) is 23.9. The summed E-state index contributed by atoms with van der Waals surface area (Å²) in [5.74, 6) is -4.79. The van der Waals surface area contributed by atoms with Crippen molar-refractivity contribution in [1.82, 2.24) is 15.5 Å². The topological polar surface area (TPSA) is 149 Å². The van der Waals surface area contributed by atoms with Crippen LogP contribution in [0.4, 0.5) is 8.78 Å². The monoisotopic (exact) mass is 609 g/mol. The number of nitrogens with one attached hydrogen (secondary N) is 3. The van der Waals surface area contributed by atoms with Crippen molar-refractivity contribution < 1.29 is 28.3 Å². The lowest BCUT2D eigenvalue weighted by molar-refractivity contribution is -0.140. The molecule has 1 aromatic heterocycles. The Bertz CT molecular complexity index is 1620. The molecule has 9 nitrogen and oxygen atoms in total. The Morgan fingerprint density at radius 3 is 2.51 bits per heavy atom. The molecule has 4 atom stereocenters. The van der Waals surface area contributed by atoms with E-state index in [9.17, 15) is 28.3 Å². The minimum Gasteiger partial charge on any atom is -0.396 e. The van der Waals surface area contributed by atoms with Gasteiger partial charge in [-0.2, -0.15) is 8.78 Å². The molecule has 1 saturated heterocycles. The molecule has 3 amide bonds. The summed E-state index contributed by atoms with van der Waals surface area (Å²) in [6, 6.07) is 9.97. The second-order valence-corrected chi connectivity index (χ2v) is 12.4. The first-order chi connectivity index (χ1) is 20.3. The van der Waals surface area contributed by atoms with Gasteiger partial charge in [0.25, 0.3) is 11.8 Å². The number of fused-ring (bicyclic) bond motifs is 3. The number of aliphatic hydroxyl groups excluding tert-OH is 1. The van der Waals surface area contributed by atoms with E-state index in [1.807, 2.05) is 0 Å². The highest BCUT2D eigenvalue weighted by molar-refractivity contribution is 7.10. The number of amidine groups is 1. The fourth-order valence-corrected chi connectivity index (χ4v) is 6.81. The Labute approximate surface area is 251 Å². The standard InChI is InChI=1S/C31H33F2N5O4S/c1-16(25-11-19(14-43-25)27(34)35)37-29(42)24-12-30(3,15-39)17(2)38(24)26(40)13-36-28(41)18-8-9-23-21(10-18)20-6-4-5-7-22(20)31(23,32)33/h4-11,14,16-17,24,39H,12-13,15H2,1-3H3,(H3,34,35)(H,36,41)(H,37,42)/t16-,17+,24+,30+/m1/s1. The number of rotatable bonds is 8. The lowest BCUT2D eigenvalue weighted by Crippen LogP contribution is -2.52. The van der Waals surface area contributed by atoms with Crippen LogP contribution >= 0.6 is 11.3 Å². The van der Waals surface area contributed by atoms with Crippen molar-refractivity contribution in [3.05, 3.63) is 81.0 Å². The Balaban J connectivity index is 1.30. The lowest BCUT2D eigenvalue weighted by atomic mass is 9.83. The van der Waals surface area contributed by atoms with Crippen molar-refractivity contribution in [2.75, 3.05) is 13.2 Å². The number of likely N-dealkylation sites (tertiary alicyclic amines) is 1. The lowest BCUT2D eigenvalue weighted by Gasteiger charge is -2.32. The number of nitrogen functional groups attached to an aromatic ring is 1. The molecule has 1 aliphatic carbocycles. The molecular formula is C31H33F2N5O4S. The average Bonchev–Trinajstić information content (AvgIpc) is 3.65. The van der Waals surface area contributed by atoms with Crippen LogP contribution in [0, 0.1) is 10.8 Å². The van der Waals surface area contributed by atoms with E-state index in [1.165, 1.54) is 40.5 Å². The highest BCUT2D eigenvalue weighted by atomic mass is 32.1. The molecule has 226 valence electrons. The predicted molar refractivity (Wildman–Crippen MR) is 159 cm³/mol. The van der Waals surface area contributed by atoms with Crippen LogP contribution in [0.5, 0.6) is 0 Å². The first-order valence-electron chi connectivity index (χ1n) is 13.8. The van der Waals surface area contributed by atoms with Crippen molar-refractivity contribution >= 4 is 34.9 Å². The first kappa shape index (κ1) is 30.3. The Kier molecular flexibility index (Phi) is 7.86. The zero-order chi connectivity index (χ0) is 31.3. The third-order valence-electron chi connectivity index (χ3n) is 8.67. The van der Waals surface area contributed by atoms with Crippen LogP contribution in [0.15, 0.2) is 53.9 Å². The minimum atomic E-state index is -3.17.